The maximum absolute atomic E-state index is 12.7. The summed E-state index contributed by atoms with van der Waals surface area (Å²) in [7, 11) is 0. The van der Waals surface area contributed by atoms with Gasteiger partial charge in [0, 0.05) is 27.5 Å². The van der Waals surface area contributed by atoms with Crippen LogP contribution in [0.25, 0.3) is 0 Å². The Labute approximate surface area is 116 Å². The van der Waals surface area contributed by atoms with Crippen LogP contribution >= 0.6 is 33.9 Å². The van der Waals surface area contributed by atoms with Crippen LogP contribution in [0.5, 0.6) is 0 Å². The number of nitrogens with one attached hydrogen (secondary N) is 1. The minimum Gasteiger partial charge on any atom is -0.312 e. The molecule has 1 heterocycles. The molecule has 0 spiro atoms. The van der Waals surface area contributed by atoms with Crippen LogP contribution in [0.15, 0.2) is 6.07 Å². The molecule has 2 nitrogen and oxygen atoms in total. The molecule has 94 valence electrons. The number of hydrogen-bond donors (Lipinski definition) is 1. The fourth-order valence-corrected chi connectivity index (χ4v) is 3.20. The van der Waals surface area contributed by atoms with Gasteiger partial charge in [-0.3, -0.25) is 4.79 Å². The van der Waals surface area contributed by atoms with Gasteiger partial charge in [0.05, 0.1) is 5.00 Å². The minimum atomic E-state index is -3.35. The summed E-state index contributed by atoms with van der Waals surface area (Å²) in [5.74, 6) is -1.24. The third kappa shape index (κ3) is 3.37. The molecule has 1 N–H and O–H groups in total. The zero-order valence-corrected chi connectivity index (χ0v) is 12.0. The van der Waals surface area contributed by atoms with Crippen LogP contribution in [0.4, 0.5) is 13.8 Å². The zero-order valence-electron chi connectivity index (χ0n) is 9.06. The van der Waals surface area contributed by atoms with E-state index >= 15 is 0 Å². The van der Waals surface area contributed by atoms with Crippen molar-refractivity contribution in [2.75, 3.05) is 5.32 Å². The average molecular weight is 371 g/mol. The van der Waals surface area contributed by atoms with Crippen LogP contribution in [0.2, 0.25) is 0 Å². The third-order valence-corrected chi connectivity index (χ3v) is 4.38. The number of carbonyl (C=O) groups is 1. The predicted molar refractivity (Wildman–Crippen MR) is 73.2 cm³/mol. The highest BCUT2D eigenvalue weighted by molar-refractivity contribution is 14.1. The number of anilines is 1. The Morgan fingerprint density at radius 2 is 2.06 bits per heavy atom. The molecule has 0 unspecified atom stereocenters. The molecular weight excluding hydrogens is 359 g/mol. The summed E-state index contributed by atoms with van der Waals surface area (Å²) in [4.78, 5) is 12.4. The van der Waals surface area contributed by atoms with Crippen molar-refractivity contribution in [3.8, 4) is 0 Å². The molecule has 1 aromatic rings. The summed E-state index contributed by atoms with van der Waals surface area (Å²) in [5.41, 5.74) is 1.21. The second-order valence-electron chi connectivity index (χ2n) is 4.07. The summed E-state index contributed by atoms with van der Waals surface area (Å²) < 4.78 is 22.1. The van der Waals surface area contributed by atoms with Crippen LogP contribution in [0.3, 0.4) is 0 Å². The van der Waals surface area contributed by atoms with E-state index < -0.39 is 9.84 Å². The van der Waals surface area contributed by atoms with Crippen molar-refractivity contribution in [2.24, 2.45) is 0 Å². The SMILES string of the molecule is O=C(Nc1cc2c(s1)CCCCC2)C(F)(F)I. The van der Waals surface area contributed by atoms with Gasteiger partial charge in [0.2, 0.25) is 0 Å². The molecule has 0 aromatic carbocycles. The normalized spacial score (nSPS) is 16.2. The van der Waals surface area contributed by atoms with E-state index in [-0.39, 0.29) is 0 Å². The molecule has 6 heteroatoms. The topological polar surface area (TPSA) is 29.1 Å². The fraction of sp³-hybridized carbons (Fsp3) is 0.545. The molecule has 17 heavy (non-hydrogen) atoms. The maximum atomic E-state index is 12.7. The Balaban J connectivity index is 2.11. The summed E-state index contributed by atoms with van der Waals surface area (Å²) in [6.07, 6.45) is 5.48. The lowest BCUT2D eigenvalue weighted by atomic mass is 10.1. The van der Waals surface area contributed by atoms with Gasteiger partial charge in [0.25, 0.3) is 0 Å². The second kappa shape index (κ2) is 5.17. The zero-order chi connectivity index (χ0) is 12.5. The molecule has 0 saturated carbocycles. The number of alkyl halides is 3. The van der Waals surface area contributed by atoms with E-state index in [4.69, 9.17) is 0 Å². The Kier molecular flexibility index (Phi) is 4.02. The van der Waals surface area contributed by atoms with Crippen molar-refractivity contribution in [3.05, 3.63) is 16.5 Å². The van der Waals surface area contributed by atoms with Crippen LogP contribution in [0, 0.1) is 0 Å². The van der Waals surface area contributed by atoms with Crippen molar-refractivity contribution in [1.82, 2.24) is 0 Å². The first-order valence-corrected chi connectivity index (χ1v) is 7.36. The number of hydrogen-bond acceptors (Lipinski definition) is 2. The molecule has 0 saturated heterocycles. The molecule has 1 aliphatic carbocycles. The first-order chi connectivity index (χ1) is 7.97. The third-order valence-electron chi connectivity index (χ3n) is 2.74. The van der Waals surface area contributed by atoms with E-state index in [9.17, 15) is 13.6 Å². The van der Waals surface area contributed by atoms with Gasteiger partial charge < -0.3 is 5.32 Å². The van der Waals surface area contributed by atoms with Crippen molar-refractivity contribution in [2.45, 2.75) is 36.0 Å². The highest BCUT2D eigenvalue weighted by atomic mass is 127. The highest BCUT2D eigenvalue weighted by Crippen LogP contribution is 2.33. The number of amides is 1. The van der Waals surface area contributed by atoms with E-state index in [1.807, 2.05) is 6.07 Å². The lowest BCUT2D eigenvalue weighted by Gasteiger charge is -2.07. The Morgan fingerprint density at radius 3 is 2.76 bits per heavy atom. The molecule has 1 aromatic heterocycles. The van der Waals surface area contributed by atoms with E-state index in [1.165, 1.54) is 28.2 Å². The van der Waals surface area contributed by atoms with Crippen LogP contribution in [-0.2, 0) is 17.6 Å². The smallest absolute Gasteiger partial charge is 0.312 e. The van der Waals surface area contributed by atoms with Crippen LogP contribution in [-0.4, -0.2) is 9.84 Å². The van der Waals surface area contributed by atoms with Gasteiger partial charge in [-0.05, 0) is 37.3 Å². The van der Waals surface area contributed by atoms with Gasteiger partial charge in [0.1, 0.15) is 0 Å². The molecule has 0 bridgehead atoms. The van der Waals surface area contributed by atoms with E-state index in [1.54, 1.807) is 0 Å². The lowest BCUT2D eigenvalue weighted by molar-refractivity contribution is -0.127. The number of aryl methyl sites for hydroxylation is 2. The van der Waals surface area contributed by atoms with Crippen molar-refractivity contribution < 1.29 is 13.6 Å². The molecule has 0 radical (unpaired) electrons. The molecule has 1 amide bonds. The second-order valence-corrected chi connectivity index (χ2v) is 6.56. The van der Waals surface area contributed by atoms with Crippen molar-refractivity contribution in [1.29, 1.82) is 0 Å². The fourth-order valence-electron chi connectivity index (χ4n) is 1.91. The standard InChI is InChI=1S/C11H12F2INOS/c12-11(13,14)10(16)15-9-6-7-4-2-1-3-5-8(7)17-9/h6H,1-5H2,(H,15,16). The van der Waals surface area contributed by atoms with Gasteiger partial charge in [-0.25, -0.2) is 0 Å². The summed E-state index contributed by atoms with van der Waals surface area (Å²) in [6.45, 7) is 0. The molecular formula is C11H12F2INOS. The predicted octanol–water partition coefficient (Wildman–Crippen LogP) is 3.98. The first kappa shape index (κ1) is 13.2. The van der Waals surface area contributed by atoms with E-state index in [0.29, 0.717) is 5.00 Å². The van der Waals surface area contributed by atoms with Gasteiger partial charge in [-0.1, -0.05) is 6.42 Å². The van der Waals surface area contributed by atoms with Gasteiger partial charge in [-0.2, -0.15) is 8.78 Å². The largest absolute Gasteiger partial charge is 0.372 e. The number of fused-ring (bicyclic) bond motifs is 1. The number of halogens is 3. The molecule has 0 fully saturated rings. The summed E-state index contributed by atoms with van der Waals surface area (Å²) in [6, 6.07) is 1.84. The van der Waals surface area contributed by atoms with Crippen molar-refractivity contribution >= 4 is 44.8 Å². The molecule has 2 rings (SSSR count). The van der Waals surface area contributed by atoms with Gasteiger partial charge in [0.15, 0.2) is 0 Å². The Bertz CT molecular complexity index is 404. The Hall–Kier alpha value is -0.240. The molecule has 1 aliphatic rings. The average Bonchev–Trinajstić information content (AvgIpc) is 2.47. The quantitative estimate of drug-likeness (QED) is 0.476. The summed E-state index contributed by atoms with van der Waals surface area (Å²) >= 11 is 2.27. The highest BCUT2D eigenvalue weighted by Gasteiger charge is 2.35. The number of thiophene rings is 1. The van der Waals surface area contributed by atoms with Crippen LogP contribution in [0.1, 0.15) is 29.7 Å². The monoisotopic (exact) mass is 371 g/mol. The van der Waals surface area contributed by atoms with Gasteiger partial charge in [-0.15, -0.1) is 11.3 Å². The number of rotatable bonds is 2. The Morgan fingerprint density at radius 1 is 1.35 bits per heavy atom. The lowest BCUT2D eigenvalue weighted by Crippen LogP contribution is -2.27. The van der Waals surface area contributed by atoms with E-state index in [2.05, 4.69) is 5.32 Å². The van der Waals surface area contributed by atoms with E-state index in [0.717, 1.165) is 48.3 Å². The summed E-state index contributed by atoms with van der Waals surface area (Å²) in [5, 5.41) is 2.82. The van der Waals surface area contributed by atoms with Crippen molar-refractivity contribution in [3.63, 3.8) is 0 Å². The maximum Gasteiger partial charge on any atom is 0.372 e. The van der Waals surface area contributed by atoms with Gasteiger partial charge >= 0.3 is 9.84 Å². The molecule has 0 atom stereocenters. The minimum absolute atomic E-state index is 0.540. The molecule has 0 aliphatic heterocycles. The first-order valence-electron chi connectivity index (χ1n) is 5.46. The van der Waals surface area contributed by atoms with Crippen LogP contribution < -0.4 is 5.32 Å². The number of carbonyl (C=O) groups excluding carboxylic acids is 1.